The third kappa shape index (κ3) is 3.64. The fourth-order valence-electron chi connectivity index (χ4n) is 2.67. The van der Waals surface area contributed by atoms with Crippen molar-refractivity contribution in [1.29, 1.82) is 0 Å². The number of ether oxygens (including phenoxy) is 1. The molecule has 0 aliphatic carbocycles. The Morgan fingerprint density at radius 1 is 1.00 bits per heavy atom. The average molecular weight is 283 g/mol. The van der Waals surface area contributed by atoms with Gasteiger partial charge in [-0.15, -0.1) is 0 Å². The minimum absolute atomic E-state index is 0.314. The van der Waals surface area contributed by atoms with Gasteiger partial charge >= 0.3 is 0 Å². The van der Waals surface area contributed by atoms with Crippen LogP contribution in [0.15, 0.2) is 36.4 Å². The molecule has 0 saturated heterocycles. The van der Waals surface area contributed by atoms with Gasteiger partial charge in [0.15, 0.2) is 0 Å². The van der Waals surface area contributed by atoms with Crippen LogP contribution in [0.3, 0.4) is 0 Å². The van der Waals surface area contributed by atoms with Crippen LogP contribution in [-0.4, -0.2) is 7.11 Å². The SMILES string of the molecule is COc1ccccc1CNC(C)c1cc(C)c(C)cc1C. The first kappa shape index (κ1) is 15.6. The topological polar surface area (TPSA) is 21.3 Å². The molecule has 0 heterocycles. The van der Waals surface area contributed by atoms with Crippen molar-refractivity contribution >= 4 is 0 Å². The van der Waals surface area contributed by atoms with E-state index in [4.69, 9.17) is 4.74 Å². The maximum atomic E-state index is 5.40. The third-order valence-electron chi connectivity index (χ3n) is 4.14. The van der Waals surface area contributed by atoms with Gasteiger partial charge in [-0.2, -0.15) is 0 Å². The summed E-state index contributed by atoms with van der Waals surface area (Å²) in [5.41, 5.74) is 6.61. The summed E-state index contributed by atoms with van der Waals surface area (Å²) >= 11 is 0. The molecule has 21 heavy (non-hydrogen) atoms. The minimum atomic E-state index is 0.314. The molecule has 2 aromatic carbocycles. The van der Waals surface area contributed by atoms with Gasteiger partial charge in [0.05, 0.1) is 7.11 Å². The van der Waals surface area contributed by atoms with Crippen LogP contribution < -0.4 is 10.1 Å². The van der Waals surface area contributed by atoms with E-state index in [0.29, 0.717) is 6.04 Å². The fraction of sp³-hybridized carbons (Fsp3) is 0.368. The highest BCUT2D eigenvalue weighted by molar-refractivity contribution is 5.38. The van der Waals surface area contributed by atoms with Gasteiger partial charge in [-0.1, -0.05) is 30.3 Å². The lowest BCUT2D eigenvalue weighted by atomic mass is 9.96. The maximum absolute atomic E-state index is 5.40. The monoisotopic (exact) mass is 283 g/mol. The van der Waals surface area contributed by atoms with Crippen molar-refractivity contribution in [2.24, 2.45) is 0 Å². The molecular weight excluding hydrogens is 258 g/mol. The van der Waals surface area contributed by atoms with E-state index in [1.54, 1.807) is 7.11 Å². The predicted octanol–water partition coefficient (Wildman–Crippen LogP) is 4.47. The second kappa shape index (κ2) is 6.77. The van der Waals surface area contributed by atoms with Gasteiger partial charge in [0.25, 0.3) is 0 Å². The second-order valence-corrected chi connectivity index (χ2v) is 5.71. The molecule has 2 rings (SSSR count). The van der Waals surface area contributed by atoms with Gasteiger partial charge in [0.2, 0.25) is 0 Å². The van der Waals surface area contributed by atoms with Crippen molar-refractivity contribution in [2.45, 2.75) is 40.3 Å². The van der Waals surface area contributed by atoms with Crippen molar-refractivity contribution in [2.75, 3.05) is 7.11 Å². The van der Waals surface area contributed by atoms with E-state index in [9.17, 15) is 0 Å². The van der Waals surface area contributed by atoms with E-state index in [-0.39, 0.29) is 0 Å². The Hall–Kier alpha value is -1.80. The molecule has 2 nitrogen and oxygen atoms in total. The van der Waals surface area contributed by atoms with Crippen molar-refractivity contribution in [3.8, 4) is 5.75 Å². The lowest BCUT2D eigenvalue weighted by Gasteiger charge is -2.19. The number of nitrogens with one attached hydrogen (secondary N) is 1. The smallest absolute Gasteiger partial charge is 0.123 e. The lowest BCUT2D eigenvalue weighted by Crippen LogP contribution is -2.19. The lowest BCUT2D eigenvalue weighted by molar-refractivity contribution is 0.406. The van der Waals surface area contributed by atoms with Crippen molar-refractivity contribution in [1.82, 2.24) is 5.32 Å². The molecule has 112 valence electrons. The van der Waals surface area contributed by atoms with Gasteiger partial charge in [0.1, 0.15) is 5.75 Å². The van der Waals surface area contributed by atoms with Crippen LogP contribution in [0.4, 0.5) is 0 Å². The quantitative estimate of drug-likeness (QED) is 0.874. The first-order valence-electron chi connectivity index (χ1n) is 7.46. The first-order valence-corrected chi connectivity index (χ1v) is 7.46. The van der Waals surface area contributed by atoms with Gasteiger partial charge in [-0.25, -0.2) is 0 Å². The van der Waals surface area contributed by atoms with Gasteiger partial charge < -0.3 is 10.1 Å². The van der Waals surface area contributed by atoms with E-state index in [2.05, 4.69) is 51.2 Å². The Bertz CT molecular complexity index is 619. The van der Waals surface area contributed by atoms with Crippen molar-refractivity contribution in [3.05, 3.63) is 64.2 Å². The number of hydrogen-bond acceptors (Lipinski definition) is 2. The summed E-state index contributed by atoms with van der Waals surface area (Å²) in [4.78, 5) is 0. The Morgan fingerprint density at radius 2 is 1.67 bits per heavy atom. The first-order chi connectivity index (χ1) is 10.0. The molecular formula is C19H25NO. The number of benzene rings is 2. The van der Waals surface area contributed by atoms with Crippen molar-refractivity contribution in [3.63, 3.8) is 0 Å². The van der Waals surface area contributed by atoms with E-state index in [1.807, 2.05) is 18.2 Å². The zero-order chi connectivity index (χ0) is 15.4. The highest BCUT2D eigenvalue weighted by Crippen LogP contribution is 2.23. The summed E-state index contributed by atoms with van der Waals surface area (Å²) in [6.07, 6.45) is 0. The fourth-order valence-corrected chi connectivity index (χ4v) is 2.67. The average Bonchev–Trinajstić information content (AvgIpc) is 2.48. The summed E-state index contributed by atoms with van der Waals surface area (Å²) in [5, 5.41) is 3.60. The zero-order valence-electron chi connectivity index (χ0n) is 13.7. The summed E-state index contributed by atoms with van der Waals surface area (Å²) in [6, 6.07) is 13.0. The number of aryl methyl sites for hydroxylation is 3. The molecule has 1 atom stereocenters. The molecule has 2 aromatic rings. The van der Waals surface area contributed by atoms with E-state index in [0.717, 1.165) is 12.3 Å². The number of rotatable bonds is 5. The van der Waals surface area contributed by atoms with Crippen molar-refractivity contribution < 1.29 is 4.74 Å². The largest absolute Gasteiger partial charge is 0.496 e. The standard InChI is InChI=1S/C19H25NO/c1-13-10-15(3)18(11-14(13)2)16(4)20-12-17-8-6-7-9-19(17)21-5/h6-11,16,20H,12H2,1-5H3. The molecule has 0 spiro atoms. The van der Waals surface area contributed by atoms with Crippen LogP contribution >= 0.6 is 0 Å². The van der Waals surface area contributed by atoms with Gasteiger partial charge in [-0.05, 0) is 56.0 Å². The highest BCUT2D eigenvalue weighted by atomic mass is 16.5. The molecule has 2 heteroatoms. The molecule has 1 unspecified atom stereocenters. The van der Waals surface area contributed by atoms with Crippen LogP contribution in [0.1, 0.15) is 40.8 Å². The Kier molecular flexibility index (Phi) is 5.03. The van der Waals surface area contributed by atoms with Gasteiger partial charge in [-0.3, -0.25) is 0 Å². The van der Waals surface area contributed by atoms with Crippen LogP contribution in [-0.2, 0) is 6.54 Å². The molecule has 0 fully saturated rings. The normalized spacial score (nSPS) is 12.2. The Labute approximate surface area is 128 Å². The molecule has 1 N–H and O–H groups in total. The number of para-hydroxylation sites is 1. The summed E-state index contributed by atoms with van der Waals surface area (Å²) in [7, 11) is 1.72. The van der Waals surface area contributed by atoms with Gasteiger partial charge in [0, 0.05) is 18.2 Å². The summed E-state index contributed by atoms with van der Waals surface area (Å²) in [5.74, 6) is 0.939. The third-order valence-corrected chi connectivity index (χ3v) is 4.14. The molecule has 0 aliphatic rings. The predicted molar refractivity (Wildman–Crippen MR) is 88.9 cm³/mol. The molecule has 0 bridgehead atoms. The van der Waals surface area contributed by atoms with E-state index < -0.39 is 0 Å². The van der Waals surface area contributed by atoms with E-state index >= 15 is 0 Å². The molecule has 0 amide bonds. The molecule has 0 aliphatic heterocycles. The molecule has 0 radical (unpaired) electrons. The highest BCUT2D eigenvalue weighted by Gasteiger charge is 2.10. The van der Waals surface area contributed by atoms with E-state index in [1.165, 1.54) is 27.8 Å². The summed E-state index contributed by atoms with van der Waals surface area (Å²) < 4.78 is 5.40. The molecule has 0 saturated carbocycles. The Morgan fingerprint density at radius 3 is 2.38 bits per heavy atom. The second-order valence-electron chi connectivity index (χ2n) is 5.71. The number of hydrogen-bond donors (Lipinski definition) is 1. The number of methoxy groups -OCH3 is 1. The van der Waals surface area contributed by atoms with Crippen LogP contribution in [0.5, 0.6) is 5.75 Å². The molecule has 0 aromatic heterocycles. The van der Waals surface area contributed by atoms with Crippen LogP contribution in [0.2, 0.25) is 0 Å². The summed E-state index contributed by atoms with van der Waals surface area (Å²) in [6.45, 7) is 9.54. The van der Waals surface area contributed by atoms with Crippen LogP contribution in [0.25, 0.3) is 0 Å². The minimum Gasteiger partial charge on any atom is -0.496 e. The zero-order valence-corrected chi connectivity index (χ0v) is 13.7. The maximum Gasteiger partial charge on any atom is 0.123 e. The Balaban J connectivity index is 2.12. The van der Waals surface area contributed by atoms with Crippen LogP contribution in [0, 0.1) is 20.8 Å².